The number of carbonyl (C=O) groups excluding carboxylic acids is 2. The van der Waals surface area contributed by atoms with Gasteiger partial charge in [0.15, 0.2) is 0 Å². The van der Waals surface area contributed by atoms with Crippen LogP contribution in [0.15, 0.2) is 0 Å². The van der Waals surface area contributed by atoms with E-state index in [2.05, 4.69) is 39.9 Å². The standard InChI is InChI=1S/C16H30N2O2/c1-7-9-16(5,6)18-13(8-2)14(19)17-12(15(18)20)10-11(3)4/h11-13H,7-10H2,1-6H3,(H,17,19). The number of amides is 2. The van der Waals surface area contributed by atoms with Crippen LogP contribution in [0.1, 0.15) is 67.2 Å². The van der Waals surface area contributed by atoms with E-state index < -0.39 is 0 Å². The fourth-order valence-corrected chi connectivity index (χ4v) is 3.22. The van der Waals surface area contributed by atoms with Crippen molar-refractivity contribution in [1.29, 1.82) is 0 Å². The molecule has 0 aromatic carbocycles. The average molecular weight is 282 g/mol. The van der Waals surface area contributed by atoms with Crippen LogP contribution < -0.4 is 5.32 Å². The second kappa shape index (κ2) is 6.59. The minimum Gasteiger partial charge on any atom is -0.342 e. The van der Waals surface area contributed by atoms with Crippen molar-refractivity contribution in [3.05, 3.63) is 0 Å². The summed E-state index contributed by atoms with van der Waals surface area (Å²) < 4.78 is 0. The van der Waals surface area contributed by atoms with Gasteiger partial charge in [-0.15, -0.1) is 0 Å². The van der Waals surface area contributed by atoms with Crippen molar-refractivity contribution in [1.82, 2.24) is 10.2 Å². The Morgan fingerprint density at radius 2 is 1.85 bits per heavy atom. The van der Waals surface area contributed by atoms with Crippen LogP contribution in [0.2, 0.25) is 0 Å². The summed E-state index contributed by atoms with van der Waals surface area (Å²) >= 11 is 0. The molecule has 1 heterocycles. The van der Waals surface area contributed by atoms with Gasteiger partial charge in [0, 0.05) is 5.54 Å². The van der Waals surface area contributed by atoms with Gasteiger partial charge in [-0.3, -0.25) is 9.59 Å². The number of rotatable bonds is 6. The van der Waals surface area contributed by atoms with E-state index in [1.54, 1.807) is 0 Å². The first-order valence-corrected chi connectivity index (χ1v) is 7.88. The van der Waals surface area contributed by atoms with E-state index in [4.69, 9.17) is 0 Å². The number of hydrogen-bond donors (Lipinski definition) is 1. The van der Waals surface area contributed by atoms with Crippen LogP contribution in [-0.2, 0) is 9.59 Å². The first-order chi connectivity index (χ1) is 9.24. The molecule has 2 unspecified atom stereocenters. The molecule has 0 bridgehead atoms. The maximum Gasteiger partial charge on any atom is 0.246 e. The zero-order chi connectivity index (χ0) is 15.5. The van der Waals surface area contributed by atoms with Crippen molar-refractivity contribution in [3.63, 3.8) is 0 Å². The molecule has 1 rings (SSSR count). The highest BCUT2D eigenvalue weighted by Gasteiger charge is 2.45. The molecular weight excluding hydrogens is 252 g/mol. The van der Waals surface area contributed by atoms with Gasteiger partial charge in [0.25, 0.3) is 0 Å². The first-order valence-electron chi connectivity index (χ1n) is 7.88. The highest BCUT2D eigenvalue weighted by atomic mass is 16.2. The van der Waals surface area contributed by atoms with Crippen LogP contribution in [-0.4, -0.2) is 34.3 Å². The summed E-state index contributed by atoms with van der Waals surface area (Å²) in [4.78, 5) is 27.0. The molecular formula is C16H30N2O2. The van der Waals surface area contributed by atoms with Gasteiger partial charge in [0.1, 0.15) is 12.1 Å². The van der Waals surface area contributed by atoms with Gasteiger partial charge in [-0.1, -0.05) is 34.1 Å². The lowest BCUT2D eigenvalue weighted by Crippen LogP contribution is -2.68. The molecule has 4 nitrogen and oxygen atoms in total. The molecule has 1 aliphatic heterocycles. The van der Waals surface area contributed by atoms with Crippen molar-refractivity contribution < 1.29 is 9.59 Å². The van der Waals surface area contributed by atoms with Crippen molar-refractivity contribution >= 4 is 11.8 Å². The van der Waals surface area contributed by atoms with Crippen LogP contribution in [0.4, 0.5) is 0 Å². The van der Waals surface area contributed by atoms with E-state index in [0.717, 1.165) is 12.8 Å². The van der Waals surface area contributed by atoms with E-state index in [9.17, 15) is 9.59 Å². The highest BCUT2D eigenvalue weighted by Crippen LogP contribution is 2.29. The largest absolute Gasteiger partial charge is 0.342 e. The maximum atomic E-state index is 12.8. The third-order valence-corrected chi connectivity index (χ3v) is 4.07. The van der Waals surface area contributed by atoms with Gasteiger partial charge in [-0.2, -0.15) is 0 Å². The van der Waals surface area contributed by atoms with E-state index in [1.165, 1.54) is 0 Å². The molecule has 1 fully saturated rings. The second-order valence-corrected chi connectivity index (χ2v) is 6.89. The predicted molar refractivity (Wildman–Crippen MR) is 81.3 cm³/mol. The molecule has 0 radical (unpaired) electrons. The molecule has 4 heteroatoms. The van der Waals surface area contributed by atoms with Gasteiger partial charge < -0.3 is 10.2 Å². The molecule has 1 N–H and O–H groups in total. The average Bonchev–Trinajstić information content (AvgIpc) is 2.31. The second-order valence-electron chi connectivity index (χ2n) is 6.89. The number of carbonyl (C=O) groups is 2. The third-order valence-electron chi connectivity index (χ3n) is 4.07. The van der Waals surface area contributed by atoms with Gasteiger partial charge in [0.05, 0.1) is 0 Å². The Hall–Kier alpha value is -1.06. The highest BCUT2D eigenvalue weighted by molar-refractivity contribution is 5.97. The number of nitrogens with zero attached hydrogens (tertiary/aromatic N) is 1. The summed E-state index contributed by atoms with van der Waals surface area (Å²) in [6.45, 7) is 12.4. The third kappa shape index (κ3) is 3.53. The molecule has 1 saturated heterocycles. The van der Waals surface area contributed by atoms with Crippen molar-refractivity contribution in [2.45, 2.75) is 84.8 Å². The molecule has 2 atom stereocenters. The zero-order valence-electron chi connectivity index (χ0n) is 13.8. The topological polar surface area (TPSA) is 49.4 Å². The molecule has 0 saturated carbocycles. The summed E-state index contributed by atoms with van der Waals surface area (Å²) in [5.74, 6) is 0.476. The lowest BCUT2D eigenvalue weighted by molar-refractivity contribution is -0.156. The van der Waals surface area contributed by atoms with E-state index in [0.29, 0.717) is 18.8 Å². The SMILES string of the molecule is CCCC(C)(C)N1C(=O)C(CC(C)C)NC(=O)C1CC. The number of nitrogens with one attached hydrogen (secondary N) is 1. The monoisotopic (exact) mass is 282 g/mol. The normalized spacial score (nSPS) is 24.2. The number of hydrogen-bond acceptors (Lipinski definition) is 2. The quantitative estimate of drug-likeness (QED) is 0.814. The Labute approximate surface area is 123 Å². The van der Waals surface area contributed by atoms with Crippen LogP contribution >= 0.6 is 0 Å². The van der Waals surface area contributed by atoms with Gasteiger partial charge >= 0.3 is 0 Å². The molecule has 0 aliphatic carbocycles. The smallest absolute Gasteiger partial charge is 0.246 e. The van der Waals surface area contributed by atoms with Crippen molar-refractivity contribution in [3.8, 4) is 0 Å². The zero-order valence-corrected chi connectivity index (χ0v) is 13.8. The van der Waals surface area contributed by atoms with Crippen LogP contribution in [0.25, 0.3) is 0 Å². The fourth-order valence-electron chi connectivity index (χ4n) is 3.22. The minimum atomic E-state index is -0.360. The summed E-state index contributed by atoms with van der Waals surface area (Å²) in [5, 5.41) is 2.91. The molecule has 2 amide bonds. The summed E-state index contributed by atoms with van der Waals surface area (Å²) in [6, 6.07) is -0.686. The molecule has 1 aliphatic rings. The van der Waals surface area contributed by atoms with E-state index in [1.807, 2.05) is 11.8 Å². The Morgan fingerprint density at radius 1 is 1.25 bits per heavy atom. The first kappa shape index (κ1) is 17.0. The Kier molecular flexibility index (Phi) is 5.60. The van der Waals surface area contributed by atoms with Crippen molar-refractivity contribution in [2.75, 3.05) is 0 Å². The molecule has 116 valence electrons. The van der Waals surface area contributed by atoms with Gasteiger partial charge in [-0.05, 0) is 39.0 Å². The van der Waals surface area contributed by atoms with Gasteiger partial charge in [0.2, 0.25) is 11.8 Å². The lowest BCUT2D eigenvalue weighted by Gasteiger charge is -2.48. The molecule has 0 aromatic rings. The molecule has 20 heavy (non-hydrogen) atoms. The van der Waals surface area contributed by atoms with E-state index in [-0.39, 0.29) is 29.4 Å². The van der Waals surface area contributed by atoms with Crippen LogP contribution in [0.5, 0.6) is 0 Å². The van der Waals surface area contributed by atoms with Crippen LogP contribution in [0, 0.1) is 5.92 Å². The van der Waals surface area contributed by atoms with Gasteiger partial charge in [-0.25, -0.2) is 0 Å². The number of piperazine rings is 1. The maximum absolute atomic E-state index is 12.8. The fraction of sp³-hybridized carbons (Fsp3) is 0.875. The minimum absolute atomic E-state index is 0.00179. The Bertz CT molecular complexity index is 363. The summed E-state index contributed by atoms with van der Waals surface area (Å²) in [5.41, 5.74) is -0.264. The van der Waals surface area contributed by atoms with E-state index >= 15 is 0 Å². The van der Waals surface area contributed by atoms with Crippen molar-refractivity contribution in [2.24, 2.45) is 5.92 Å². The molecule has 0 spiro atoms. The molecule has 0 aromatic heterocycles. The Balaban J connectivity index is 3.06. The summed E-state index contributed by atoms with van der Waals surface area (Å²) in [6.07, 6.45) is 3.29. The lowest BCUT2D eigenvalue weighted by atomic mass is 9.89. The Morgan fingerprint density at radius 3 is 2.30 bits per heavy atom. The summed E-state index contributed by atoms with van der Waals surface area (Å²) in [7, 11) is 0. The predicted octanol–water partition coefficient (Wildman–Crippen LogP) is 2.72. The van der Waals surface area contributed by atoms with Crippen LogP contribution in [0.3, 0.4) is 0 Å².